The summed E-state index contributed by atoms with van der Waals surface area (Å²) >= 11 is 0. The molecule has 0 N–H and O–H groups in total. The number of carbonyl (C=O) groups excluding carboxylic acids is 1. The van der Waals surface area contributed by atoms with Crippen LogP contribution in [0.25, 0.3) is 5.52 Å². The van der Waals surface area contributed by atoms with Gasteiger partial charge in [0.25, 0.3) is 0 Å². The van der Waals surface area contributed by atoms with Gasteiger partial charge in [0.05, 0.1) is 23.3 Å². The molecule has 0 saturated carbocycles. The molecule has 2 aromatic heterocycles. The minimum Gasteiger partial charge on any atom is -0.293 e. The second kappa shape index (κ2) is 3.54. The number of nitriles is 1. The molecule has 74 valence electrons. The van der Waals surface area contributed by atoms with E-state index in [2.05, 4.69) is 5.10 Å². The molecule has 2 aromatic rings. The second-order valence-electron chi connectivity index (χ2n) is 3.30. The van der Waals surface area contributed by atoms with Crippen LogP contribution < -0.4 is 0 Å². The Balaban J connectivity index is 2.54. The molecule has 4 heteroatoms. The number of fused-ring (bicyclic) bond motifs is 1. The van der Waals surface area contributed by atoms with E-state index in [1.165, 1.54) is 6.20 Å². The number of rotatable bonds is 2. The van der Waals surface area contributed by atoms with Crippen molar-refractivity contribution in [3.63, 3.8) is 0 Å². The average molecular weight is 199 g/mol. The van der Waals surface area contributed by atoms with E-state index in [-0.39, 0.29) is 5.78 Å². The van der Waals surface area contributed by atoms with Gasteiger partial charge in [-0.05, 0) is 19.1 Å². The predicted octanol–water partition coefficient (Wildman–Crippen LogP) is 1.68. The predicted molar refractivity (Wildman–Crippen MR) is 54.3 cm³/mol. The number of carbonyl (C=O) groups is 1. The molecule has 1 unspecified atom stereocenters. The first kappa shape index (κ1) is 9.41. The van der Waals surface area contributed by atoms with Crippen LogP contribution in [0.2, 0.25) is 0 Å². The second-order valence-corrected chi connectivity index (χ2v) is 3.30. The van der Waals surface area contributed by atoms with Gasteiger partial charge in [-0.1, -0.05) is 6.07 Å². The number of nitrogens with zero attached hydrogens (tertiary/aromatic N) is 3. The number of Topliss-reactive ketones (excluding diaryl/α,β-unsaturated/α-hetero) is 1. The third-order valence-electron chi connectivity index (χ3n) is 2.28. The first-order valence-electron chi connectivity index (χ1n) is 4.60. The van der Waals surface area contributed by atoms with Crippen LogP contribution in [-0.2, 0) is 0 Å². The molecular weight excluding hydrogens is 190 g/mol. The summed E-state index contributed by atoms with van der Waals surface area (Å²) in [4.78, 5) is 11.8. The molecule has 0 aromatic carbocycles. The first-order chi connectivity index (χ1) is 7.24. The van der Waals surface area contributed by atoms with Gasteiger partial charge >= 0.3 is 0 Å². The van der Waals surface area contributed by atoms with Crippen LogP contribution >= 0.6 is 0 Å². The van der Waals surface area contributed by atoms with Crippen molar-refractivity contribution in [2.75, 3.05) is 0 Å². The van der Waals surface area contributed by atoms with E-state index in [0.29, 0.717) is 5.56 Å². The highest BCUT2D eigenvalue weighted by Crippen LogP contribution is 2.14. The van der Waals surface area contributed by atoms with Crippen LogP contribution in [0.1, 0.15) is 17.3 Å². The summed E-state index contributed by atoms with van der Waals surface area (Å²) in [5, 5.41) is 12.7. The molecule has 15 heavy (non-hydrogen) atoms. The Bertz CT molecular complexity index is 550. The van der Waals surface area contributed by atoms with Gasteiger partial charge < -0.3 is 0 Å². The molecular formula is C11H9N3O. The van der Waals surface area contributed by atoms with Crippen molar-refractivity contribution < 1.29 is 4.79 Å². The molecule has 0 saturated heterocycles. The fraction of sp³-hybridized carbons (Fsp3) is 0.182. The Kier molecular flexibility index (Phi) is 2.22. The van der Waals surface area contributed by atoms with Gasteiger partial charge in [0.1, 0.15) is 5.92 Å². The van der Waals surface area contributed by atoms with E-state index < -0.39 is 5.92 Å². The van der Waals surface area contributed by atoms with Crippen molar-refractivity contribution in [1.82, 2.24) is 9.61 Å². The van der Waals surface area contributed by atoms with Gasteiger partial charge in [0.15, 0.2) is 5.78 Å². The van der Waals surface area contributed by atoms with Crippen LogP contribution in [0.5, 0.6) is 0 Å². The number of ketones is 1. The smallest absolute Gasteiger partial charge is 0.183 e. The van der Waals surface area contributed by atoms with Crippen LogP contribution in [0.15, 0.2) is 30.6 Å². The molecule has 4 nitrogen and oxygen atoms in total. The molecule has 0 aliphatic carbocycles. The van der Waals surface area contributed by atoms with Gasteiger partial charge in [-0.15, -0.1) is 0 Å². The van der Waals surface area contributed by atoms with Crippen molar-refractivity contribution in [3.05, 3.63) is 36.2 Å². The molecule has 0 fully saturated rings. The minimum absolute atomic E-state index is 0.182. The van der Waals surface area contributed by atoms with Crippen LogP contribution in [0.3, 0.4) is 0 Å². The Morgan fingerprint density at radius 1 is 1.60 bits per heavy atom. The maximum Gasteiger partial charge on any atom is 0.183 e. The summed E-state index contributed by atoms with van der Waals surface area (Å²) in [5.41, 5.74) is 1.24. The van der Waals surface area contributed by atoms with Crippen LogP contribution in [0, 0.1) is 17.2 Å². The molecule has 0 radical (unpaired) electrons. The van der Waals surface area contributed by atoms with E-state index in [9.17, 15) is 4.79 Å². The van der Waals surface area contributed by atoms with Gasteiger partial charge in [-0.25, -0.2) is 4.52 Å². The topological polar surface area (TPSA) is 58.2 Å². The van der Waals surface area contributed by atoms with Crippen molar-refractivity contribution >= 4 is 11.3 Å². The van der Waals surface area contributed by atoms with Gasteiger partial charge in [0, 0.05) is 6.20 Å². The van der Waals surface area contributed by atoms with E-state index in [1.807, 2.05) is 24.3 Å². The Hall–Kier alpha value is -2.15. The summed E-state index contributed by atoms with van der Waals surface area (Å²) in [6, 6.07) is 7.41. The molecule has 2 rings (SSSR count). The zero-order valence-corrected chi connectivity index (χ0v) is 8.21. The van der Waals surface area contributed by atoms with Crippen molar-refractivity contribution in [2.24, 2.45) is 5.92 Å². The number of pyridine rings is 1. The molecule has 2 heterocycles. The average Bonchev–Trinajstić information content (AvgIpc) is 2.70. The summed E-state index contributed by atoms with van der Waals surface area (Å²) in [5.74, 6) is -0.808. The van der Waals surface area contributed by atoms with Crippen LogP contribution in [-0.4, -0.2) is 15.4 Å². The third kappa shape index (κ3) is 1.48. The lowest BCUT2D eigenvalue weighted by atomic mass is 10.0. The zero-order valence-electron chi connectivity index (χ0n) is 8.21. The van der Waals surface area contributed by atoms with E-state index >= 15 is 0 Å². The fourth-order valence-electron chi connectivity index (χ4n) is 1.42. The quantitative estimate of drug-likeness (QED) is 0.691. The Morgan fingerprint density at radius 2 is 2.40 bits per heavy atom. The molecule has 0 aliphatic heterocycles. The van der Waals surface area contributed by atoms with Crippen LogP contribution in [0.4, 0.5) is 0 Å². The van der Waals surface area contributed by atoms with Crippen molar-refractivity contribution in [3.8, 4) is 6.07 Å². The number of hydrogen-bond donors (Lipinski definition) is 0. The Morgan fingerprint density at radius 3 is 3.13 bits per heavy atom. The largest absolute Gasteiger partial charge is 0.293 e. The minimum atomic E-state index is -0.627. The van der Waals surface area contributed by atoms with Gasteiger partial charge in [0.2, 0.25) is 0 Å². The van der Waals surface area contributed by atoms with Crippen molar-refractivity contribution in [1.29, 1.82) is 5.26 Å². The third-order valence-corrected chi connectivity index (χ3v) is 2.28. The molecule has 0 bridgehead atoms. The molecule has 1 atom stereocenters. The van der Waals surface area contributed by atoms with Crippen molar-refractivity contribution in [2.45, 2.75) is 6.92 Å². The van der Waals surface area contributed by atoms with E-state index in [0.717, 1.165) is 5.52 Å². The highest BCUT2D eigenvalue weighted by molar-refractivity contribution is 6.04. The first-order valence-corrected chi connectivity index (χ1v) is 4.60. The van der Waals surface area contributed by atoms with Gasteiger partial charge in [-0.2, -0.15) is 10.4 Å². The summed E-state index contributed by atoms with van der Waals surface area (Å²) in [6.45, 7) is 1.59. The number of hydrogen-bond acceptors (Lipinski definition) is 3. The van der Waals surface area contributed by atoms with Gasteiger partial charge in [-0.3, -0.25) is 4.79 Å². The monoisotopic (exact) mass is 199 g/mol. The summed E-state index contributed by atoms with van der Waals surface area (Å²) < 4.78 is 1.62. The highest BCUT2D eigenvalue weighted by Gasteiger charge is 2.18. The fourth-order valence-corrected chi connectivity index (χ4v) is 1.42. The lowest BCUT2D eigenvalue weighted by Crippen LogP contribution is -2.08. The highest BCUT2D eigenvalue weighted by atomic mass is 16.1. The lowest BCUT2D eigenvalue weighted by Gasteiger charge is -1.99. The normalized spacial score (nSPS) is 12.3. The molecule has 0 amide bonds. The summed E-state index contributed by atoms with van der Waals surface area (Å²) in [7, 11) is 0. The molecule has 0 aliphatic rings. The molecule has 0 spiro atoms. The SMILES string of the molecule is CC(C#N)C(=O)c1cnn2ccccc12. The summed E-state index contributed by atoms with van der Waals surface area (Å²) in [6.07, 6.45) is 3.27. The zero-order chi connectivity index (χ0) is 10.8. The Labute approximate surface area is 86.8 Å². The van der Waals surface area contributed by atoms with E-state index in [1.54, 1.807) is 17.6 Å². The number of aromatic nitrogens is 2. The lowest BCUT2D eigenvalue weighted by molar-refractivity contribution is 0.0958. The maximum atomic E-state index is 11.8. The standard InChI is InChI=1S/C11H9N3O/c1-8(6-12)11(15)9-7-13-14-5-3-2-4-10(9)14/h2-5,7-8H,1H3. The van der Waals surface area contributed by atoms with E-state index in [4.69, 9.17) is 5.26 Å². The maximum absolute atomic E-state index is 11.8.